The molecule has 0 atom stereocenters. The van der Waals surface area contributed by atoms with Crippen molar-refractivity contribution in [2.24, 2.45) is 0 Å². The minimum absolute atomic E-state index is 0.286. The number of rotatable bonds is 7. The topological polar surface area (TPSA) is 59.6 Å². The van der Waals surface area contributed by atoms with Crippen LogP contribution in [0, 0.1) is 13.8 Å². The molecule has 2 rings (SSSR count). The summed E-state index contributed by atoms with van der Waals surface area (Å²) in [5.74, 6) is 1.49. The second kappa shape index (κ2) is 8.82. The molecule has 5 nitrogen and oxygen atoms in total. The fraction of sp³-hybridized carbons (Fsp3) is 0.316. The molecule has 128 valence electrons. The zero-order chi connectivity index (χ0) is 17.4. The Kier molecular flexibility index (Phi) is 6.49. The summed E-state index contributed by atoms with van der Waals surface area (Å²) in [5, 5.41) is 5.55. The summed E-state index contributed by atoms with van der Waals surface area (Å²) in [6.45, 7) is 7.32. The third-order valence-electron chi connectivity index (χ3n) is 3.41. The molecule has 2 aromatic carbocycles. The van der Waals surface area contributed by atoms with Crippen LogP contribution < -0.4 is 20.1 Å². The monoisotopic (exact) mass is 328 g/mol. The van der Waals surface area contributed by atoms with Crippen LogP contribution in [-0.2, 0) is 0 Å². The molecule has 2 amide bonds. The smallest absolute Gasteiger partial charge is 0.319 e. The fourth-order valence-corrected chi connectivity index (χ4v) is 2.30. The van der Waals surface area contributed by atoms with Crippen molar-refractivity contribution >= 4 is 11.7 Å². The van der Waals surface area contributed by atoms with Crippen molar-refractivity contribution in [3.63, 3.8) is 0 Å². The molecule has 0 aliphatic rings. The molecule has 0 saturated carbocycles. The van der Waals surface area contributed by atoms with E-state index in [1.54, 1.807) is 6.07 Å². The number of hydrogen-bond donors (Lipinski definition) is 2. The Morgan fingerprint density at radius 2 is 1.83 bits per heavy atom. The summed E-state index contributed by atoms with van der Waals surface area (Å²) < 4.78 is 11.2. The lowest BCUT2D eigenvalue weighted by Crippen LogP contribution is -2.32. The quantitative estimate of drug-likeness (QED) is 0.758. The lowest BCUT2D eigenvalue weighted by Gasteiger charge is -2.13. The number of ether oxygens (including phenoxy) is 2. The molecule has 0 bridgehead atoms. The van der Waals surface area contributed by atoms with Crippen LogP contribution in [0.25, 0.3) is 0 Å². The lowest BCUT2D eigenvalue weighted by atomic mass is 10.1. The van der Waals surface area contributed by atoms with Gasteiger partial charge in [-0.2, -0.15) is 0 Å². The van der Waals surface area contributed by atoms with Gasteiger partial charge < -0.3 is 20.1 Å². The average Bonchev–Trinajstić information content (AvgIpc) is 2.55. The van der Waals surface area contributed by atoms with E-state index in [0.29, 0.717) is 31.2 Å². The highest BCUT2D eigenvalue weighted by atomic mass is 16.5. The molecule has 0 spiro atoms. The Hall–Kier alpha value is -2.69. The zero-order valence-corrected chi connectivity index (χ0v) is 14.4. The van der Waals surface area contributed by atoms with E-state index in [2.05, 4.69) is 16.7 Å². The first-order valence-corrected chi connectivity index (χ1v) is 8.07. The van der Waals surface area contributed by atoms with Crippen LogP contribution in [0.3, 0.4) is 0 Å². The van der Waals surface area contributed by atoms with Crippen molar-refractivity contribution in [1.82, 2.24) is 5.32 Å². The molecule has 5 heteroatoms. The van der Waals surface area contributed by atoms with E-state index in [9.17, 15) is 4.79 Å². The summed E-state index contributed by atoms with van der Waals surface area (Å²) in [6.07, 6.45) is 0. The van der Waals surface area contributed by atoms with Gasteiger partial charge in [0.2, 0.25) is 0 Å². The maximum Gasteiger partial charge on any atom is 0.319 e. The SMILES string of the molecule is CCOc1ccccc1NC(=O)NCCOc1ccc(C)cc1C. The number of carbonyl (C=O) groups is 1. The Balaban J connectivity index is 1.77. The maximum atomic E-state index is 12.0. The number of hydrogen-bond acceptors (Lipinski definition) is 3. The summed E-state index contributed by atoms with van der Waals surface area (Å²) in [6, 6.07) is 13.1. The number of anilines is 1. The molecule has 0 aromatic heterocycles. The van der Waals surface area contributed by atoms with Crippen LogP contribution in [0.5, 0.6) is 11.5 Å². The predicted octanol–water partition coefficient (Wildman–Crippen LogP) is 3.90. The van der Waals surface area contributed by atoms with Crippen molar-refractivity contribution in [2.45, 2.75) is 20.8 Å². The molecule has 2 aromatic rings. The molecule has 0 radical (unpaired) electrons. The number of nitrogens with one attached hydrogen (secondary N) is 2. The van der Waals surface area contributed by atoms with Crippen LogP contribution in [0.1, 0.15) is 18.1 Å². The van der Waals surface area contributed by atoms with Gasteiger partial charge in [-0.1, -0.05) is 29.8 Å². The van der Waals surface area contributed by atoms with Gasteiger partial charge in [0.05, 0.1) is 18.8 Å². The highest BCUT2D eigenvalue weighted by Crippen LogP contribution is 2.23. The number of para-hydroxylation sites is 2. The van der Waals surface area contributed by atoms with Gasteiger partial charge >= 0.3 is 6.03 Å². The molecule has 0 aliphatic carbocycles. The molecule has 0 unspecified atom stereocenters. The highest BCUT2D eigenvalue weighted by Gasteiger charge is 2.06. The molecular formula is C19H24N2O3. The number of urea groups is 1. The molecule has 0 fully saturated rings. The van der Waals surface area contributed by atoms with E-state index in [-0.39, 0.29) is 6.03 Å². The first kappa shape index (κ1) is 17.7. The maximum absolute atomic E-state index is 12.0. The summed E-state index contributed by atoms with van der Waals surface area (Å²) in [4.78, 5) is 12.0. The molecule has 0 aliphatic heterocycles. The molecule has 0 heterocycles. The summed E-state index contributed by atoms with van der Waals surface area (Å²) in [7, 11) is 0. The van der Waals surface area contributed by atoms with E-state index >= 15 is 0 Å². The van der Waals surface area contributed by atoms with Crippen molar-refractivity contribution in [1.29, 1.82) is 0 Å². The van der Waals surface area contributed by atoms with Gasteiger partial charge in [0.1, 0.15) is 18.1 Å². The molecular weight excluding hydrogens is 304 g/mol. The Morgan fingerprint density at radius 1 is 1.04 bits per heavy atom. The average molecular weight is 328 g/mol. The number of amides is 2. The first-order valence-electron chi connectivity index (χ1n) is 8.07. The van der Waals surface area contributed by atoms with Crippen LogP contribution in [0.15, 0.2) is 42.5 Å². The Labute approximate surface area is 143 Å². The number of carbonyl (C=O) groups excluding carboxylic acids is 1. The lowest BCUT2D eigenvalue weighted by molar-refractivity contribution is 0.247. The van der Waals surface area contributed by atoms with Crippen molar-refractivity contribution in [3.8, 4) is 11.5 Å². The van der Waals surface area contributed by atoms with E-state index < -0.39 is 0 Å². The summed E-state index contributed by atoms with van der Waals surface area (Å²) in [5.41, 5.74) is 2.93. The molecule has 24 heavy (non-hydrogen) atoms. The number of benzene rings is 2. The normalized spacial score (nSPS) is 10.1. The van der Waals surface area contributed by atoms with Gasteiger partial charge in [0.15, 0.2) is 0 Å². The van der Waals surface area contributed by atoms with Crippen LogP contribution >= 0.6 is 0 Å². The standard InChI is InChI=1S/C19H24N2O3/c1-4-23-18-8-6-5-7-16(18)21-19(22)20-11-12-24-17-10-9-14(2)13-15(17)3/h5-10,13H,4,11-12H2,1-3H3,(H2,20,21,22). The third-order valence-corrected chi connectivity index (χ3v) is 3.41. The largest absolute Gasteiger partial charge is 0.492 e. The first-order chi connectivity index (χ1) is 11.6. The highest BCUT2D eigenvalue weighted by molar-refractivity contribution is 5.90. The van der Waals surface area contributed by atoms with Gasteiger partial charge in [0, 0.05) is 0 Å². The van der Waals surface area contributed by atoms with E-state index in [1.807, 2.05) is 51.1 Å². The van der Waals surface area contributed by atoms with E-state index in [1.165, 1.54) is 5.56 Å². The second-order valence-corrected chi connectivity index (χ2v) is 5.43. The number of aryl methyl sites for hydroxylation is 2. The predicted molar refractivity (Wildman–Crippen MR) is 96.0 cm³/mol. The molecule has 0 saturated heterocycles. The van der Waals surface area contributed by atoms with Gasteiger partial charge in [-0.15, -0.1) is 0 Å². The second-order valence-electron chi connectivity index (χ2n) is 5.43. The Morgan fingerprint density at radius 3 is 2.58 bits per heavy atom. The third kappa shape index (κ3) is 5.19. The summed E-state index contributed by atoms with van der Waals surface area (Å²) >= 11 is 0. The fourth-order valence-electron chi connectivity index (χ4n) is 2.30. The van der Waals surface area contributed by atoms with Gasteiger partial charge in [-0.05, 0) is 44.5 Å². The van der Waals surface area contributed by atoms with Crippen LogP contribution in [-0.4, -0.2) is 25.8 Å². The van der Waals surface area contributed by atoms with Gasteiger partial charge in [-0.25, -0.2) is 4.79 Å². The Bertz CT molecular complexity index is 686. The van der Waals surface area contributed by atoms with E-state index in [0.717, 1.165) is 11.3 Å². The van der Waals surface area contributed by atoms with Gasteiger partial charge in [0.25, 0.3) is 0 Å². The zero-order valence-electron chi connectivity index (χ0n) is 14.4. The van der Waals surface area contributed by atoms with Crippen molar-refractivity contribution in [3.05, 3.63) is 53.6 Å². The van der Waals surface area contributed by atoms with Crippen LogP contribution in [0.2, 0.25) is 0 Å². The minimum Gasteiger partial charge on any atom is -0.492 e. The van der Waals surface area contributed by atoms with Crippen molar-refractivity contribution < 1.29 is 14.3 Å². The minimum atomic E-state index is -0.286. The van der Waals surface area contributed by atoms with Gasteiger partial charge in [-0.3, -0.25) is 0 Å². The van der Waals surface area contributed by atoms with Crippen LogP contribution in [0.4, 0.5) is 10.5 Å². The van der Waals surface area contributed by atoms with Crippen molar-refractivity contribution in [2.75, 3.05) is 25.1 Å². The van der Waals surface area contributed by atoms with E-state index in [4.69, 9.17) is 9.47 Å². The molecule has 2 N–H and O–H groups in total.